The van der Waals surface area contributed by atoms with Gasteiger partial charge >= 0.3 is 0 Å². The van der Waals surface area contributed by atoms with Crippen LogP contribution in [0.3, 0.4) is 0 Å². The summed E-state index contributed by atoms with van der Waals surface area (Å²) in [6.45, 7) is 0. The highest BCUT2D eigenvalue weighted by molar-refractivity contribution is 6.30. The molecule has 6 aromatic rings. The third-order valence-corrected chi connectivity index (χ3v) is 4.64. The minimum Gasteiger partial charge on any atom is -0.0843 e. The molecule has 0 aliphatic carbocycles. The molecule has 6 rings (SSSR count). The lowest BCUT2D eigenvalue weighted by Crippen LogP contribution is -1.55. The van der Waals surface area contributed by atoms with Crippen LogP contribution in [0.15, 0.2) is 206 Å². The molecule has 6 aromatic carbocycles. The molecule has 0 saturated heterocycles. The van der Waals surface area contributed by atoms with Crippen molar-refractivity contribution < 1.29 is 0 Å². The third kappa shape index (κ3) is 23.6. The summed E-state index contributed by atoms with van der Waals surface area (Å²) in [5, 5.41) is 1.59. The highest BCUT2D eigenvalue weighted by atomic mass is 35.5. The average molecular weight is 538 g/mol. The first-order valence-electron chi connectivity index (χ1n) is 12.2. The first-order chi connectivity index (χ1) is 18.8. The van der Waals surface area contributed by atoms with Crippen LogP contribution in [0.2, 0.25) is 10.0 Å². The van der Waals surface area contributed by atoms with Crippen LogP contribution in [0, 0.1) is 0 Å². The molecule has 0 aromatic heterocycles. The van der Waals surface area contributed by atoms with Crippen LogP contribution in [0.4, 0.5) is 0 Å². The molecule has 0 radical (unpaired) electrons. The van der Waals surface area contributed by atoms with Gasteiger partial charge in [-0.1, -0.05) is 205 Å². The predicted octanol–water partition coefficient (Wildman–Crippen LogP) is 11.4. The third-order valence-electron chi connectivity index (χ3n) is 4.13. The predicted molar refractivity (Wildman–Crippen MR) is 169 cm³/mol. The van der Waals surface area contributed by atoms with Gasteiger partial charge in [-0.25, -0.2) is 0 Å². The summed E-state index contributed by atoms with van der Waals surface area (Å²) < 4.78 is 0. The Kier molecular flexibility index (Phi) is 21.8. The molecule has 0 nitrogen and oxygen atoms in total. The average Bonchev–Trinajstić information content (AvgIpc) is 3.03. The van der Waals surface area contributed by atoms with Crippen LogP contribution in [-0.4, -0.2) is 0 Å². The van der Waals surface area contributed by atoms with E-state index < -0.39 is 0 Å². The normalized spacial score (nSPS) is 8.26. The second kappa shape index (κ2) is 26.0. The summed E-state index contributed by atoms with van der Waals surface area (Å²) >= 11 is 11.1. The van der Waals surface area contributed by atoms with E-state index in [1.165, 1.54) is 0 Å². The van der Waals surface area contributed by atoms with Gasteiger partial charge in [0.15, 0.2) is 0 Å². The second-order valence-corrected chi connectivity index (χ2v) is 8.08. The number of hydrogen-bond acceptors (Lipinski definition) is 0. The molecular weight excluding hydrogens is 503 g/mol. The molecule has 2 heteroatoms. The molecule has 0 unspecified atom stereocenters. The van der Waals surface area contributed by atoms with E-state index in [9.17, 15) is 0 Å². The maximum Gasteiger partial charge on any atom is 0.0405 e. The van der Waals surface area contributed by atoms with Crippen molar-refractivity contribution in [2.24, 2.45) is 0 Å². The van der Waals surface area contributed by atoms with Crippen molar-refractivity contribution >= 4 is 23.2 Å². The van der Waals surface area contributed by atoms with E-state index in [2.05, 4.69) is 0 Å². The lowest BCUT2D eigenvalue weighted by molar-refractivity contribution is 1.71. The fourth-order valence-electron chi connectivity index (χ4n) is 2.37. The highest BCUT2D eigenvalue weighted by Gasteiger charge is 1.75. The standard InChI is InChI=1S/2C6H5Cl.4C6H6/c2*7-6-4-2-1-3-5-6;4*1-2-4-6-5-3-1/h2*1-5H;4*1-6H. The topological polar surface area (TPSA) is 0 Å². The number of halogens is 2. The Morgan fingerprint density at radius 3 is 0.368 bits per heavy atom. The van der Waals surface area contributed by atoms with E-state index in [0.29, 0.717) is 0 Å². The van der Waals surface area contributed by atoms with Gasteiger partial charge < -0.3 is 0 Å². The van der Waals surface area contributed by atoms with Crippen LogP contribution in [0.25, 0.3) is 0 Å². The smallest absolute Gasteiger partial charge is 0.0405 e. The molecule has 0 bridgehead atoms. The Labute approximate surface area is 238 Å². The SMILES string of the molecule is Clc1ccccc1.Clc1ccccc1.c1ccccc1.c1ccccc1.c1ccccc1.c1ccccc1. The Hall–Kier alpha value is -4.10. The van der Waals surface area contributed by atoms with Crippen LogP contribution >= 0.6 is 23.2 Å². The monoisotopic (exact) mass is 536 g/mol. The van der Waals surface area contributed by atoms with Gasteiger partial charge in [-0.2, -0.15) is 0 Å². The van der Waals surface area contributed by atoms with Gasteiger partial charge in [0.2, 0.25) is 0 Å². The van der Waals surface area contributed by atoms with Crippen molar-refractivity contribution in [3.63, 3.8) is 0 Å². The highest BCUT2D eigenvalue weighted by Crippen LogP contribution is 2.04. The number of benzene rings is 6. The Bertz CT molecular complexity index is 914. The van der Waals surface area contributed by atoms with Gasteiger partial charge in [-0.3, -0.25) is 0 Å². The summed E-state index contributed by atoms with van der Waals surface area (Å²) in [7, 11) is 0. The van der Waals surface area contributed by atoms with E-state index in [0.717, 1.165) is 10.0 Å². The molecule has 0 atom stereocenters. The first kappa shape index (κ1) is 31.9. The second-order valence-electron chi connectivity index (χ2n) is 7.21. The Morgan fingerprint density at radius 1 is 0.184 bits per heavy atom. The van der Waals surface area contributed by atoms with Crippen molar-refractivity contribution in [2.75, 3.05) is 0 Å². The Balaban J connectivity index is 0.000000228. The fourth-order valence-corrected chi connectivity index (χ4v) is 2.66. The molecule has 192 valence electrons. The van der Waals surface area contributed by atoms with E-state index in [-0.39, 0.29) is 0 Å². The summed E-state index contributed by atoms with van der Waals surface area (Å²) in [4.78, 5) is 0. The minimum atomic E-state index is 0.794. The summed E-state index contributed by atoms with van der Waals surface area (Å²) in [6.07, 6.45) is 0. The van der Waals surface area contributed by atoms with Gasteiger partial charge in [0, 0.05) is 10.0 Å². The van der Waals surface area contributed by atoms with E-state index in [1.54, 1.807) is 0 Å². The summed E-state index contributed by atoms with van der Waals surface area (Å²) in [5.74, 6) is 0. The van der Waals surface area contributed by atoms with Crippen LogP contribution in [0.1, 0.15) is 0 Å². The number of hydrogen-bond donors (Lipinski definition) is 0. The molecule has 0 aliphatic rings. The van der Waals surface area contributed by atoms with Crippen molar-refractivity contribution in [1.29, 1.82) is 0 Å². The molecule has 0 fully saturated rings. The zero-order valence-corrected chi connectivity index (χ0v) is 22.9. The van der Waals surface area contributed by atoms with E-state index >= 15 is 0 Å². The quantitative estimate of drug-likeness (QED) is 0.181. The zero-order chi connectivity index (χ0) is 27.2. The maximum absolute atomic E-state index is 5.54. The first-order valence-corrected chi connectivity index (χ1v) is 13.0. The lowest BCUT2D eigenvalue weighted by Gasteiger charge is -1.80. The largest absolute Gasteiger partial charge is 0.0843 e. The van der Waals surface area contributed by atoms with E-state index in [1.807, 2.05) is 206 Å². The maximum atomic E-state index is 5.54. The minimum absolute atomic E-state index is 0.794. The molecule has 38 heavy (non-hydrogen) atoms. The lowest BCUT2D eigenvalue weighted by atomic mass is 10.4. The van der Waals surface area contributed by atoms with Crippen LogP contribution in [0.5, 0.6) is 0 Å². The molecule has 0 spiro atoms. The zero-order valence-electron chi connectivity index (χ0n) is 21.4. The Morgan fingerprint density at radius 2 is 0.289 bits per heavy atom. The summed E-state index contributed by atoms with van der Waals surface area (Å²) in [5.41, 5.74) is 0. The molecule has 0 heterocycles. The van der Waals surface area contributed by atoms with Gasteiger partial charge in [0.25, 0.3) is 0 Å². The molecule has 0 amide bonds. The fraction of sp³-hybridized carbons (Fsp3) is 0. The van der Waals surface area contributed by atoms with Crippen molar-refractivity contribution in [1.82, 2.24) is 0 Å². The molecule has 0 N–H and O–H groups in total. The van der Waals surface area contributed by atoms with Crippen LogP contribution < -0.4 is 0 Å². The van der Waals surface area contributed by atoms with Crippen molar-refractivity contribution in [3.05, 3.63) is 216 Å². The van der Waals surface area contributed by atoms with Gasteiger partial charge in [-0.15, -0.1) is 0 Å². The van der Waals surface area contributed by atoms with Gasteiger partial charge in [-0.05, 0) is 24.3 Å². The van der Waals surface area contributed by atoms with Crippen molar-refractivity contribution in [2.45, 2.75) is 0 Å². The van der Waals surface area contributed by atoms with Gasteiger partial charge in [0.05, 0.1) is 0 Å². The van der Waals surface area contributed by atoms with Crippen LogP contribution in [-0.2, 0) is 0 Å². The van der Waals surface area contributed by atoms with E-state index in [4.69, 9.17) is 23.2 Å². The molecule has 0 saturated carbocycles. The molecule has 0 aliphatic heterocycles. The summed E-state index contributed by atoms with van der Waals surface area (Å²) in [6, 6.07) is 66.9. The number of rotatable bonds is 0. The van der Waals surface area contributed by atoms with Crippen molar-refractivity contribution in [3.8, 4) is 0 Å². The molecular formula is C36H34Cl2. The van der Waals surface area contributed by atoms with Gasteiger partial charge in [0.1, 0.15) is 0 Å².